The van der Waals surface area contributed by atoms with Gasteiger partial charge in [0.1, 0.15) is 12.4 Å². The zero-order valence-corrected chi connectivity index (χ0v) is 21.8. The Labute approximate surface area is 217 Å². The van der Waals surface area contributed by atoms with Gasteiger partial charge in [-0.25, -0.2) is 4.98 Å². The van der Waals surface area contributed by atoms with Crippen molar-refractivity contribution in [2.45, 2.75) is 32.8 Å². The van der Waals surface area contributed by atoms with E-state index in [-0.39, 0.29) is 5.56 Å². The molecule has 180 valence electrons. The second-order valence-corrected chi connectivity index (χ2v) is 9.27. The molecule has 0 fully saturated rings. The van der Waals surface area contributed by atoms with E-state index in [0.29, 0.717) is 46.3 Å². The van der Waals surface area contributed by atoms with Crippen LogP contribution in [0.4, 0.5) is 0 Å². The molecule has 4 rings (SSSR count). The predicted molar refractivity (Wildman–Crippen MR) is 144 cm³/mol. The highest BCUT2D eigenvalue weighted by atomic mass is 79.9. The zero-order valence-electron chi connectivity index (χ0n) is 19.5. The SMILES string of the molecule is CCCCc1nc2ccc(Br)cc2c(=O)n1N=Cc1ccc(OCc2ccccc2Cl)c(OC)c1. The third-order valence-electron chi connectivity index (χ3n) is 5.48. The standard InChI is InChI=1S/C27H25BrClN3O3/c1-3-4-9-26-31-23-12-11-20(28)15-21(23)27(33)32(26)30-16-18-10-13-24(25(14-18)34-2)35-17-19-7-5-6-8-22(19)29/h5-8,10-16H,3-4,9,17H2,1-2H3. The molecule has 0 N–H and O–H groups in total. The maximum absolute atomic E-state index is 13.2. The van der Waals surface area contributed by atoms with Gasteiger partial charge in [-0.1, -0.05) is 59.1 Å². The zero-order chi connectivity index (χ0) is 24.8. The lowest BCUT2D eigenvalue weighted by molar-refractivity contribution is 0.284. The Bertz CT molecular complexity index is 1440. The second-order valence-electron chi connectivity index (χ2n) is 7.94. The summed E-state index contributed by atoms with van der Waals surface area (Å²) in [6, 6.07) is 18.5. The molecule has 1 heterocycles. The number of aryl methyl sites for hydroxylation is 1. The number of rotatable bonds is 9. The van der Waals surface area contributed by atoms with Crippen LogP contribution in [0.15, 0.2) is 75.0 Å². The van der Waals surface area contributed by atoms with E-state index in [1.54, 1.807) is 19.4 Å². The van der Waals surface area contributed by atoms with Crippen molar-refractivity contribution >= 4 is 44.6 Å². The molecule has 0 bridgehead atoms. The molecule has 0 radical (unpaired) electrons. The maximum atomic E-state index is 13.2. The molecule has 0 aliphatic carbocycles. The van der Waals surface area contributed by atoms with E-state index in [4.69, 9.17) is 26.1 Å². The van der Waals surface area contributed by atoms with Gasteiger partial charge in [-0.2, -0.15) is 9.78 Å². The topological polar surface area (TPSA) is 65.7 Å². The third-order valence-corrected chi connectivity index (χ3v) is 6.34. The van der Waals surface area contributed by atoms with Crippen LogP contribution in [-0.4, -0.2) is 23.0 Å². The summed E-state index contributed by atoms with van der Waals surface area (Å²) in [6.07, 6.45) is 4.19. The summed E-state index contributed by atoms with van der Waals surface area (Å²) >= 11 is 9.66. The highest BCUT2D eigenvalue weighted by molar-refractivity contribution is 9.10. The first-order valence-corrected chi connectivity index (χ1v) is 12.5. The molecule has 0 aliphatic rings. The highest BCUT2D eigenvalue weighted by Crippen LogP contribution is 2.29. The summed E-state index contributed by atoms with van der Waals surface area (Å²) in [5.74, 6) is 1.78. The largest absolute Gasteiger partial charge is 0.493 e. The molecule has 0 saturated carbocycles. The summed E-state index contributed by atoms with van der Waals surface area (Å²) < 4.78 is 13.7. The third kappa shape index (κ3) is 5.92. The fourth-order valence-corrected chi connectivity index (χ4v) is 4.14. The van der Waals surface area contributed by atoms with Crippen molar-refractivity contribution in [2.24, 2.45) is 5.10 Å². The fraction of sp³-hybridized carbons (Fsp3) is 0.222. The lowest BCUT2D eigenvalue weighted by atomic mass is 10.2. The Kier molecular flexibility index (Phi) is 8.21. The minimum atomic E-state index is -0.203. The molecule has 0 spiro atoms. The number of nitrogens with zero attached hydrogens (tertiary/aromatic N) is 3. The number of fused-ring (bicyclic) bond motifs is 1. The molecular formula is C27H25BrClN3O3. The number of unbranched alkanes of at least 4 members (excludes halogenated alkanes) is 1. The first kappa shape index (κ1) is 24.9. The van der Waals surface area contributed by atoms with Gasteiger partial charge in [0.2, 0.25) is 0 Å². The van der Waals surface area contributed by atoms with Crippen LogP contribution in [0.1, 0.15) is 36.7 Å². The van der Waals surface area contributed by atoms with Gasteiger partial charge in [-0.15, -0.1) is 0 Å². The lowest BCUT2D eigenvalue weighted by Crippen LogP contribution is -2.22. The van der Waals surface area contributed by atoms with Crippen molar-refractivity contribution in [3.8, 4) is 11.5 Å². The second kappa shape index (κ2) is 11.5. The summed E-state index contributed by atoms with van der Waals surface area (Å²) in [5.41, 5.74) is 2.11. The van der Waals surface area contributed by atoms with Crippen LogP contribution in [0.2, 0.25) is 5.02 Å². The Morgan fingerprint density at radius 1 is 1.11 bits per heavy atom. The quantitative estimate of drug-likeness (QED) is 0.218. The number of hydrogen-bond donors (Lipinski definition) is 0. The Morgan fingerprint density at radius 2 is 1.94 bits per heavy atom. The van der Waals surface area contributed by atoms with E-state index in [2.05, 4.69) is 28.0 Å². The van der Waals surface area contributed by atoms with Crippen LogP contribution in [0.5, 0.6) is 11.5 Å². The Balaban J connectivity index is 1.63. The van der Waals surface area contributed by atoms with Gasteiger partial charge < -0.3 is 9.47 Å². The van der Waals surface area contributed by atoms with Crippen LogP contribution >= 0.6 is 27.5 Å². The van der Waals surface area contributed by atoms with E-state index in [1.165, 1.54) is 4.68 Å². The molecule has 35 heavy (non-hydrogen) atoms. The number of aromatic nitrogens is 2. The molecule has 0 atom stereocenters. The van der Waals surface area contributed by atoms with Gasteiger partial charge in [0.25, 0.3) is 5.56 Å². The van der Waals surface area contributed by atoms with Crippen LogP contribution < -0.4 is 15.0 Å². The monoisotopic (exact) mass is 553 g/mol. The summed E-state index contributed by atoms with van der Waals surface area (Å²) in [4.78, 5) is 18.0. The van der Waals surface area contributed by atoms with Crippen LogP contribution in [-0.2, 0) is 13.0 Å². The smallest absolute Gasteiger partial charge is 0.282 e. The normalized spacial score (nSPS) is 11.3. The number of hydrogen-bond acceptors (Lipinski definition) is 5. The van der Waals surface area contributed by atoms with E-state index < -0.39 is 0 Å². The molecule has 6 nitrogen and oxygen atoms in total. The Hall–Kier alpha value is -3.16. The summed E-state index contributed by atoms with van der Waals surface area (Å²) in [6.45, 7) is 2.42. The molecular weight excluding hydrogens is 530 g/mol. The predicted octanol–water partition coefficient (Wildman–Crippen LogP) is 6.62. The van der Waals surface area contributed by atoms with E-state index in [0.717, 1.165) is 28.4 Å². The molecule has 4 aromatic rings. The van der Waals surface area contributed by atoms with Crippen molar-refractivity contribution < 1.29 is 9.47 Å². The van der Waals surface area contributed by atoms with Crippen LogP contribution in [0, 0.1) is 0 Å². The molecule has 3 aromatic carbocycles. The van der Waals surface area contributed by atoms with Gasteiger partial charge in [0.15, 0.2) is 11.5 Å². The van der Waals surface area contributed by atoms with E-state index >= 15 is 0 Å². The molecule has 8 heteroatoms. The van der Waals surface area contributed by atoms with Crippen molar-refractivity contribution in [1.29, 1.82) is 0 Å². The van der Waals surface area contributed by atoms with Gasteiger partial charge >= 0.3 is 0 Å². The first-order valence-electron chi connectivity index (χ1n) is 11.3. The molecule has 0 saturated heterocycles. The number of methoxy groups -OCH3 is 1. The van der Waals surface area contributed by atoms with Crippen molar-refractivity contribution in [3.05, 3.63) is 97.5 Å². The maximum Gasteiger partial charge on any atom is 0.282 e. The van der Waals surface area contributed by atoms with Gasteiger partial charge in [-0.3, -0.25) is 4.79 Å². The van der Waals surface area contributed by atoms with Gasteiger partial charge in [0.05, 0.1) is 24.2 Å². The minimum absolute atomic E-state index is 0.203. The molecule has 1 aromatic heterocycles. The number of ether oxygens (including phenoxy) is 2. The van der Waals surface area contributed by atoms with E-state index in [9.17, 15) is 4.79 Å². The number of benzene rings is 3. The summed E-state index contributed by atoms with van der Waals surface area (Å²) in [5, 5.41) is 5.67. The van der Waals surface area contributed by atoms with Crippen LogP contribution in [0.3, 0.4) is 0 Å². The van der Waals surface area contributed by atoms with Crippen molar-refractivity contribution in [3.63, 3.8) is 0 Å². The minimum Gasteiger partial charge on any atom is -0.493 e. The first-order chi connectivity index (χ1) is 17.0. The lowest BCUT2D eigenvalue weighted by Gasteiger charge is -2.12. The molecule has 0 amide bonds. The molecule has 0 aliphatic heterocycles. The van der Waals surface area contributed by atoms with Crippen LogP contribution in [0.25, 0.3) is 10.9 Å². The highest BCUT2D eigenvalue weighted by Gasteiger charge is 2.12. The van der Waals surface area contributed by atoms with Crippen molar-refractivity contribution in [1.82, 2.24) is 9.66 Å². The number of halogens is 2. The average molecular weight is 555 g/mol. The summed E-state index contributed by atoms with van der Waals surface area (Å²) in [7, 11) is 1.58. The van der Waals surface area contributed by atoms with Gasteiger partial charge in [-0.05, 0) is 54.4 Å². The molecule has 0 unspecified atom stereocenters. The Morgan fingerprint density at radius 3 is 2.71 bits per heavy atom. The van der Waals surface area contributed by atoms with Crippen molar-refractivity contribution in [2.75, 3.05) is 7.11 Å². The average Bonchev–Trinajstić information content (AvgIpc) is 2.87. The van der Waals surface area contributed by atoms with Gasteiger partial charge in [0, 0.05) is 21.5 Å². The van der Waals surface area contributed by atoms with E-state index in [1.807, 2.05) is 54.6 Å². The fourth-order valence-electron chi connectivity index (χ4n) is 3.59.